The van der Waals surface area contributed by atoms with Gasteiger partial charge >= 0.3 is 6.03 Å². The molecule has 0 bridgehead atoms. The molecular weight excluding hydrogens is 374 g/mol. The van der Waals surface area contributed by atoms with Crippen LogP contribution in [0, 0.1) is 11.3 Å². The second-order valence-electron chi connectivity index (χ2n) is 7.04. The molecule has 0 spiro atoms. The predicted molar refractivity (Wildman–Crippen MR) is 107 cm³/mol. The Morgan fingerprint density at radius 2 is 1.93 bits per heavy atom. The van der Waals surface area contributed by atoms with Gasteiger partial charge in [0.25, 0.3) is 0 Å². The van der Waals surface area contributed by atoms with Gasteiger partial charge in [-0.15, -0.1) is 0 Å². The van der Waals surface area contributed by atoms with E-state index < -0.39 is 0 Å². The van der Waals surface area contributed by atoms with E-state index in [1.807, 2.05) is 12.1 Å². The molecule has 9 nitrogen and oxygen atoms in total. The normalized spacial score (nSPS) is 18.9. The third-order valence-corrected chi connectivity index (χ3v) is 5.30. The van der Waals surface area contributed by atoms with E-state index in [0.717, 1.165) is 18.5 Å². The van der Waals surface area contributed by atoms with Crippen molar-refractivity contribution in [2.24, 2.45) is 0 Å². The van der Waals surface area contributed by atoms with Crippen LogP contribution in [0.5, 0.6) is 11.5 Å². The van der Waals surface area contributed by atoms with Gasteiger partial charge in [-0.3, -0.25) is 9.69 Å². The smallest absolute Gasteiger partial charge is 0.324 e. The summed E-state index contributed by atoms with van der Waals surface area (Å²) in [5.74, 6) is 1.19. The minimum Gasteiger partial charge on any atom is -0.497 e. The van der Waals surface area contributed by atoms with Gasteiger partial charge in [-0.2, -0.15) is 5.26 Å². The fourth-order valence-electron chi connectivity index (χ4n) is 3.69. The van der Waals surface area contributed by atoms with Crippen molar-refractivity contribution in [2.75, 3.05) is 58.4 Å². The number of nitrogens with zero attached hydrogens (tertiary/aromatic N) is 4. The SMILES string of the molecule is COc1cc(OC)cc(N2CCN(CCNCC(=O)N3CCC[C@@H]3C#N)C2=O)c1. The molecule has 156 valence electrons. The van der Waals surface area contributed by atoms with Crippen LogP contribution in [0.4, 0.5) is 10.5 Å². The fraction of sp³-hybridized carbons (Fsp3) is 0.550. The van der Waals surface area contributed by atoms with Crippen molar-refractivity contribution in [2.45, 2.75) is 18.9 Å². The molecule has 2 aliphatic heterocycles. The number of likely N-dealkylation sites (tertiary alicyclic amines) is 1. The standard InChI is InChI=1S/C20H27N5O4/c1-28-17-10-16(11-18(12-17)29-2)25-9-8-23(20(25)27)7-5-22-14-19(26)24-6-3-4-15(24)13-21/h10-12,15,22H,3-9,14H2,1-2H3/t15-/m1/s1. The van der Waals surface area contributed by atoms with Gasteiger partial charge < -0.3 is 24.6 Å². The molecule has 0 aromatic heterocycles. The number of hydrogen-bond acceptors (Lipinski definition) is 6. The molecule has 3 rings (SSSR count). The van der Waals surface area contributed by atoms with Gasteiger partial charge in [-0.25, -0.2) is 4.79 Å². The van der Waals surface area contributed by atoms with Crippen molar-refractivity contribution in [1.29, 1.82) is 5.26 Å². The van der Waals surface area contributed by atoms with E-state index >= 15 is 0 Å². The molecule has 1 aromatic carbocycles. The maximum Gasteiger partial charge on any atom is 0.324 e. The number of amides is 3. The number of anilines is 1. The van der Waals surface area contributed by atoms with Crippen LogP contribution in [0.1, 0.15) is 12.8 Å². The molecule has 0 radical (unpaired) electrons. The second-order valence-corrected chi connectivity index (χ2v) is 7.04. The van der Waals surface area contributed by atoms with Crippen LogP contribution >= 0.6 is 0 Å². The van der Waals surface area contributed by atoms with Crippen LogP contribution in [-0.4, -0.2) is 81.3 Å². The molecule has 3 amide bonds. The van der Waals surface area contributed by atoms with Crippen molar-refractivity contribution < 1.29 is 19.1 Å². The van der Waals surface area contributed by atoms with Crippen LogP contribution in [0.3, 0.4) is 0 Å². The lowest BCUT2D eigenvalue weighted by molar-refractivity contribution is -0.130. The highest BCUT2D eigenvalue weighted by Crippen LogP contribution is 2.30. The number of rotatable bonds is 8. The zero-order valence-electron chi connectivity index (χ0n) is 16.9. The highest BCUT2D eigenvalue weighted by Gasteiger charge is 2.30. The molecule has 1 atom stereocenters. The Labute approximate surface area is 170 Å². The first-order chi connectivity index (χ1) is 14.1. The van der Waals surface area contributed by atoms with E-state index in [1.54, 1.807) is 35.0 Å². The largest absolute Gasteiger partial charge is 0.497 e. The average molecular weight is 401 g/mol. The highest BCUT2D eigenvalue weighted by molar-refractivity contribution is 5.94. The summed E-state index contributed by atoms with van der Waals surface area (Å²) in [6.45, 7) is 3.02. The quantitative estimate of drug-likeness (QED) is 0.654. The monoisotopic (exact) mass is 401 g/mol. The summed E-state index contributed by atoms with van der Waals surface area (Å²) in [7, 11) is 3.15. The second kappa shape index (κ2) is 9.47. The number of carbonyl (C=O) groups excluding carboxylic acids is 2. The number of nitriles is 1. The first-order valence-corrected chi connectivity index (χ1v) is 9.76. The Bertz CT molecular complexity index is 771. The summed E-state index contributed by atoms with van der Waals surface area (Å²) < 4.78 is 10.6. The number of ether oxygens (including phenoxy) is 2. The number of methoxy groups -OCH3 is 2. The molecule has 2 saturated heterocycles. The van der Waals surface area contributed by atoms with Gasteiger partial charge in [0.05, 0.1) is 32.5 Å². The molecule has 0 aliphatic carbocycles. The topological polar surface area (TPSA) is 98.1 Å². The summed E-state index contributed by atoms with van der Waals surface area (Å²) in [4.78, 5) is 30.1. The van der Waals surface area contributed by atoms with Crippen molar-refractivity contribution in [1.82, 2.24) is 15.1 Å². The van der Waals surface area contributed by atoms with Gasteiger partial charge in [0.2, 0.25) is 5.91 Å². The summed E-state index contributed by atoms with van der Waals surface area (Å²) in [6, 6.07) is 7.16. The Balaban J connectivity index is 1.48. The molecule has 0 unspecified atom stereocenters. The number of hydrogen-bond donors (Lipinski definition) is 1. The van der Waals surface area contributed by atoms with Crippen LogP contribution in [0.15, 0.2) is 18.2 Å². The van der Waals surface area contributed by atoms with Crippen molar-refractivity contribution in [3.63, 3.8) is 0 Å². The van der Waals surface area contributed by atoms with Crippen molar-refractivity contribution in [3.05, 3.63) is 18.2 Å². The Morgan fingerprint density at radius 1 is 1.21 bits per heavy atom. The zero-order chi connectivity index (χ0) is 20.8. The van der Waals surface area contributed by atoms with Crippen LogP contribution in [0.2, 0.25) is 0 Å². The summed E-state index contributed by atoms with van der Waals surface area (Å²) in [6.07, 6.45) is 1.62. The van der Waals surface area contributed by atoms with Gasteiger partial charge in [-0.05, 0) is 12.8 Å². The third-order valence-electron chi connectivity index (χ3n) is 5.30. The summed E-state index contributed by atoms with van der Waals surface area (Å²) in [5.41, 5.74) is 0.730. The molecular formula is C20H27N5O4. The van der Waals surface area contributed by atoms with Crippen molar-refractivity contribution in [3.8, 4) is 17.6 Å². The molecule has 2 heterocycles. The fourth-order valence-corrected chi connectivity index (χ4v) is 3.69. The third kappa shape index (κ3) is 4.71. The summed E-state index contributed by atoms with van der Waals surface area (Å²) in [5, 5.41) is 12.2. The van der Waals surface area contributed by atoms with Gasteiger partial charge in [0.1, 0.15) is 17.5 Å². The highest BCUT2D eigenvalue weighted by atomic mass is 16.5. The van der Waals surface area contributed by atoms with Gasteiger partial charge in [0.15, 0.2) is 0 Å². The van der Waals surface area contributed by atoms with E-state index in [4.69, 9.17) is 14.7 Å². The number of nitrogens with one attached hydrogen (secondary N) is 1. The number of urea groups is 1. The van der Waals surface area contributed by atoms with E-state index in [9.17, 15) is 9.59 Å². The first kappa shape index (κ1) is 20.7. The zero-order valence-corrected chi connectivity index (χ0v) is 16.9. The minimum atomic E-state index is -0.308. The molecule has 29 heavy (non-hydrogen) atoms. The minimum absolute atomic E-state index is 0.0631. The Hall–Kier alpha value is -2.99. The molecule has 2 aliphatic rings. The molecule has 1 N–H and O–H groups in total. The van der Waals surface area contributed by atoms with Crippen LogP contribution in [0.25, 0.3) is 0 Å². The van der Waals surface area contributed by atoms with E-state index in [0.29, 0.717) is 44.2 Å². The molecule has 1 aromatic rings. The molecule has 9 heteroatoms. The number of carbonyl (C=O) groups is 2. The average Bonchev–Trinajstić information content (AvgIpc) is 3.37. The lowest BCUT2D eigenvalue weighted by Gasteiger charge is -2.21. The van der Waals surface area contributed by atoms with E-state index in [2.05, 4.69) is 11.4 Å². The lowest BCUT2D eigenvalue weighted by atomic mass is 10.2. The van der Waals surface area contributed by atoms with Crippen molar-refractivity contribution >= 4 is 17.6 Å². The summed E-state index contributed by atoms with van der Waals surface area (Å²) >= 11 is 0. The van der Waals surface area contributed by atoms with Gasteiger partial charge in [0, 0.05) is 50.9 Å². The first-order valence-electron chi connectivity index (χ1n) is 9.76. The Morgan fingerprint density at radius 3 is 2.59 bits per heavy atom. The maximum atomic E-state index is 12.8. The van der Waals surface area contributed by atoms with Crippen LogP contribution in [-0.2, 0) is 4.79 Å². The number of benzene rings is 1. The van der Waals surface area contributed by atoms with E-state index in [-0.39, 0.29) is 24.5 Å². The Kier molecular flexibility index (Phi) is 6.77. The molecule has 2 fully saturated rings. The predicted octanol–water partition coefficient (Wildman–Crippen LogP) is 1.05. The van der Waals surface area contributed by atoms with Gasteiger partial charge in [-0.1, -0.05) is 0 Å². The lowest BCUT2D eigenvalue weighted by Crippen LogP contribution is -2.43. The maximum absolute atomic E-state index is 12.8. The molecule has 0 saturated carbocycles. The van der Waals surface area contributed by atoms with E-state index in [1.165, 1.54) is 0 Å². The van der Waals surface area contributed by atoms with Crippen LogP contribution < -0.4 is 19.7 Å².